The minimum absolute atomic E-state index is 0.184. The number of H-pyrrole nitrogens is 1. The van der Waals surface area contributed by atoms with Crippen molar-refractivity contribution >= 4 is 23.2 Å². The Bertz CT molecular complexity index is 1290. The van der Waals surface area contributed by atoms with E-state index in [1.165, 1.54) is 25.0 Å². The van der Waals surface area contributed by atoms with E-state index in [-0.39, 0.29) is 12.4 Å². The van der Waals surface area contributed by atoms with E-state index in [1.54, 1.807) is 24.3 Å². The van der Waals surface area contributed by atoms with Gasteiger partial charge in [0.2, 0.25) is 11.8 Å². The molecule has 206 valence electrons. The maximum absolute atomic E-state index is 13.3. The molecular weight excluding hydrogens is 503 g/mol. The fraction of sp³-hybridized carbons (Fsp3) is 0.370. The Kier molecular flexibility index (Phi) is 8.66. The Morgan fingerprint density at radius 2 is 2.00 bits per heavy atom. The number of nitrogens with two attached hydrogens (primary N) is 1. The number of allylic oxidation sites excluding steroid dienone is 2. The van der Waals surface area contributed by atoms with Crippen molar-refractivity contribution in [3.8, 4) is 5.88 Å². The van der Waals surface area contributed by atoms with Gasteiger partial charge in [-0.15, -0.1) is 0 Å². The van der Waals surface area contributed by atoms with Crippen molar-refractivity contribution in [1.29, 1.82) is 0 Å². The fourth-order valence-electron chi connectivity index (χ4n) is 4.11. The van der Waals surface area contributed by atoms with E-state index in [0.717, 1.165) is 49.9 Å². The second kappa shape index (κ2) is 12.7. The molecule has 1 saturated carbocycles. The molecule has 1 aliphatic carbocycles. The number of nitrogens with one attached hydrogen (secondary N) is 3. The van der Waals surface area contributed by atoms with E-state index in [4.69, 9.17) is 20.2 Å². The summed E-state index contributed by atoms with van der Waals surface area (Å²) in [5.74, 6) is 8.12. The number of aromatic amines is 1. The molecule has 1 aliphatic heterocycles. The van der Waals surface area contributed by atoms with Gasteiger partial charge >= 0.3 is 0 Å². The summed E-state index contributed by atoms with van der Waals surface area (Å²) in [4.78, 5) is 16.4. The number of ether oxygens (including phenoxy) is 2. The van der Waals surface area contributed by atoms with E-state index >= 15 is 0 Å². The first-order chi connectivity index (χ1) is 19.1. The topological polar surface area (TPSA) is 135 Å². The molecule has 0 amide bonds. The quantitative estimate of drug-likeness (QED) is 0.146. The van der Waals surface area contributed by atoms with Crippen molar-refractivity contribution in [3.63, 3.8) is 0 Å². The van der Waals surface area contributed by atoms with Crippen molar-refractivity contribution < 1.29 is 18.7 Å². The van der Waals surface area contributed by atoms with Gasteiger partial charge in [-0.25, -0.2) is 4.39 Å². The number of nitrogens with zero attached hydrogens (tertiary/aromatic N) is 4. The summed E-state index contributed by atoms with van der Waals surface area (Å²) in [7, 11) is 0. The lowest BCUT2D eigenvalue weighted by Crippen LogP contribution is -2.38. The normalized spacial score (nSPS) is 16.1. The van der Waals surface area contributed by atoms with Crippen LogP contribution in [0.25, 0.3) is 5.57 Å². The first-order valence-corrected chi connectivity index (χ1v) is 13.0. The molecule has 0 atom stereocenters. The van der Waals surface area contributed by atoms with Gasteiger partial charge in [0.25, 0.3) is 0 Å². The third-order valence-electron chi connectivity index (χ3n) is 6.44. The van der Waals surface area contributed by atoms with Crippen LogP contribution < -0.4 is 21.3 Å². The molecule has 2 fully saturated rings. The molecule has 1 saturated heterocycles. The molecule has 11 nitrogen and oxygen atoms in total. The van der Waals surface area contributed by atoms with Gasteiger partial charge in [0.15, 0.2) is 0 Å². The molecule has 3 heterocycles. The van der Waals surface area contributed by atoms with Crippen LogP contribution in [0.3, 0.4) is 0 Å². The molecule has 2 aromatic heterocycles. The summed E-state index contributed by atoms with van der Waals surface area (Å²) in [5, 5.41) is 13.8. The summed E-state index contributed by atoms with van der Waals surface area (Å²) < 4.78 is 24.7. The molecule has 3 aromatic rings. The summed E-state index contributed by atoms with van der Waals surface area (Å²) in [5.41, 5.74) is 2.41. The molecule has 5 N–H and O–H groups in total. The Morgan fingerprint density at radius 1 is 1.21 bits per heavy atom. The molecule has 0 unspecified atom stereocenters. The lowest BCUT2D eigenvalue weighted by molar-refractivity contribution is 0.0320. The van der Waals surface area contributed by atoms with E-state index < -0.39 is 0 Å². The molecule has 0 spiro atoms. The predicted molar refractivity (Wildman–Crippen MR) is 146 cm³/mol. The number of hydrogen-bond donors (Lipinski definition) is 4. The van der Waals surface area contributed by atoms with Crippen molar-refractivity contribution in [3.05, 3.63) is 71.9 Å². The number of anilines is 3. The third kappa shape index (κ3) is 7.76. The van der Waals surface area contributed by atoms with E-state index in [2.05, 4.69) is 42.3 Å². The van der Waals surface area contributed by atoms with Crippen molar-refractivity contribution in [1.82, 2.24) is 25.1 Å². The fourth-order valence-corrected chi connectivity index (χ4v) is 4.11. The van der Waals surface area contributed by atoms with Crippen LogP contribution in [0.5, 0.6) is 5.88 Å². The molecule has 39 heavy (non-hydrogen) atoms. The minimum atomic E-state index is -0.319. The Balaban J connectivity index is 1.27. The molecule has 12 heteroatoms. The molecular formula is C27H33FN8O3. The number of rotatable bonds is 13. The van der Waals surface area contributed by atoms with Crippen LogP contribution in [-0.4, -0.2) is 71.1 Å². The SMILES string of the molecule is C=C(/C=C(/CNc1nc(Nc2cc(C3CC3)n[nH]2)cc(OCCN2CCOCC2)n1)ON)c1ccc(F)cc1. The Hall–Kier alpha value is -4.00. The molecule has 0 radical (unpaired) electrons. The van der Waals surface area contributed by atoms with Gasteiger partial charge in [0, 0.05) is 37.7 Å². The molecule has 2 aliphatic rings. The largest absolute Gasteiger partial charge is 0.476 e. The second-order valence-electron chi connectivity index (χ2n) is 9.44. The van der Waals surface area contributed by atoms with Gasteiger partial charge in [-0.2, -0.15) is 21.0 Å². The highest BCUT2D eigenvalue weighted by atomic mass is 19.1. The lowest BCUT2D eigenvalue weighted by atomic mass is 10.1. The first kappa shape index (κ1) is 26.6. The van der Waals surface area contributed by atoms with Gasteiger partial charge in [0.1, 0.15) is 29.8 Å². The first-order valence-electron chi connectivity index (χ1n) is 13.0. The second-order valence-corrected chi connectivity index (χ2v) is 9.44. The van der Waals surface area contributed by atoms with Crippen LogP contribution in [0, 0.1) is 5.82 Å². The third-order valence-corrected chi connectivity index (χ3v) is 6.44. The molecule has 0 bridgehead atoms. The molecule has 5 rings (SSSR count). The van der Waals surface area contributed by atoms with Gasteiger partial charge < -0.3 is 24.9 Å². The highest BCUT2D eigenvalue weighted by molar-refractivity contribution is 5.72. The zero-order chi connectivity index (χ0) is 27.0. The van der Waals surface area contributed by atoms with Crippen LogP contribution in [0.4, 0.5) is 22.0 Å². The van der Waals surface area contributed by atoms with Gasteiger partial charge in [-0.3, -0.25) is 10.00 Å². The smallest absolute Gasteiger partial charge is 0.228 e. The monoisotopic (exact) mass is 536 g/mol. The van der Waals surface area contributed by atoms with Crippen LogP contribution in [0.1, 0.15) is 30.0 Å². The molecule has 1 aromatic carbocycles. The van der Waals surface area contributed by atoms with Crippen LogP contribution in [0.2, 0.25) is 0 Å². The highest BCUT2D eigenvalue weighted by Gasteiger charge is 2.26. The summed E-state index contributed by atoms with van der Waals surface area (Å²) in [6.45, 7) is 8.67. The standard InChI is InChI=1S/C27H33FN8O3/c1-18(19-4-6-21(28)7-5-19)14-22(39-29)17-30-27-32-24(31-25-15-23(34-35-25)20-2-3-20)16-26(33-27)38-13-10-36-8-11-37-12-9-36/h4-7,14-16,20H,1-3,8-13,17,29H2,(H3,30,31,32,33,34,35)/b22-14-. The summed E-state index contributed by atoms with van der Waals surface area (Å²) in [6.07, 6.45) is 4.01. The van der Waals surface area contributed by atoms with Crippen LogP contribution in [0.15, 0.2) is 54.8 Å². The van der Waals surface area contributed by atoms with Gasteiger partial charge in [0.05, 0.1) is 25.5 Å². The maximum Gasteiger partial charge on any atom is 0.228 e. The zero-order valence-corrected chi connectivity index (χ0v) is 21.7. The van der Waals surface area contributed by atoms with Gasteiger partial charge in [-0.1, -0.05) is 18.7 Å². The minimum Gasteiger partial charge on any atom is -0.476 e. The predicted octanol–water partition coefficient (Wildman–Crippen LogP) is 3.57. The van der Waals surface area contributed by atoms with E-state index in [1.807, 2.05) is 6.07 Å². The number of benzene rings is 1. The van der Waals surface area contributed by atoms with E-state index in [9.17, 15) is 4.39 Å². The summed E-state index contributed by atoms with van der Waals surface area (Å²) in [6, 6.07) is 9.76. The highest BCUT2D eigenvalue weighted by Crippen LogP contribution is 2.39. The number of hydrogen-bond acceptors (Lipinski definition) is 10. The van der Waals surface area contributed by atoms with Crippen LogP contribution in [-0.2, 0) is 9.57 Å². The lowest BCUT2D eigenvalue weighted by Gasteiger charge is -2.26. The van der Waals surface area contributed by atoms with Crippen molar-refractivity contribution in [2.75, 3.05) is 56.6 Å². The van der Waals surface area contributed by atoms with Crippen molar-refractivity contribution in [2.45, 2.75) is 18.8 Å². The average Bonchev–Trinajstić information content (AvgIpc) is 3.70. The Morgan fingerprint density at radius 3 is 2.74 bits per heavy atom. The van der Waals surface area contributed by atoms with E-state index in [0.29, 0.717) is 41.5 Å². The van der Waals surface area contributed by atoms with Crippen LogP contribution >= 0.6 is 0 Å². The maximum atomic E-state index is 13.3. The Labute approximate surface area is 226 Å². The van der Waals surface area contributed by atoms with Crippen molar-refractivity contribution in [2.24, 2.45) is 5.90 Å². The average molecular weight is 537 g/mol. The number of morpholine rings is 1. The van der Waals surface area contributed by atoms with Gasteiger partial charge in [-0.05, 0) is 42.2 Å². The summed E-state index contributed by atoms with van der Waals surface area (Å²) >= 11 is 0. The zero-order valence-electron chi connectivity index (χ0n) is 21.7. The number of halogens is 1. The number of aromatic nitrogens is 4.